The predicted molar refractivity (Wildman–Crippen MR) is 62.3 cm³/mol. The summed E-state index contributed by atoms with van der Waals surface area (Å²) in [5, 5.41) is 8.31. The number of nitriles is 1. The second-order valence-corrected chi connectivity index (χ2v) is 3.56. The lowest BCUT2D eigenvalue weighted by Crippen LogP contribution is -2.06. The molecule has 0 fully saturated rings. The molecule has 0 atom stereocenters. The fourth-order valence-electron chi connectivity index (χ4n) is 1.34. The standard InChI is InChI=1S/C13H15NO3/c1-2-3-13(15)16-9-8-11-4-6-12(7-5-11)17-10-14/h4-7H,2-3,8-9H2,1H3. The van der Waals surface area contributed by atoms with Crippen molar-refractivity contribution in [3.63, 3.8) is 0 Å². The van der Waals surface area contributed by atoms with E-state index in [4.69, 9.17) is 10.00 Å². The van der Waals surface area contributed by atoms with E-state index in [0.29, 0.717) is 25.2 Å². The molecule has 90 valence electrons. The molecule has 0 saturated carbocycles. The van der Waals surface area contributed by atoms with Gasteiger partial charge in [-0.2, -0.15) is 0 Å². The van der Waals surface area contributed by atoms with Gasteiger partial charge in [0.15, 0.2) is 0 Å². The molecule has 0 unspecified atom stereocenters. The third kappa shape index (κ3) is 5.03. The summed E-state index contributed by atoms with van der Waals surface area (Å²) in [6.07, 6.45) is 3.55. The number of benzene rings is 1. The van der Waals surface area contributed by atoms with Crippen molar-refractivity contribution < 1.29 is 14.3 Å². The SMILES string of the molecule is CCCC(=O)OCCc1ccc(OC#N)cc1. The number of carbonyl (C=O) groups excluding carboxylic acids is 1. The molecule has 4 heteroatoms. The Hall–Kier alpha value is -2.02. The molecule has 0 saturated heterocycles. The van der Waals surface area contributed by atoms with E-state index >= 15 is 0 Å². The molecular weight excluding hydrogens is 218 g/mol. The van der Waals surface area contributed by atoms with Crippen LogP contribution >= 0.6 is 0 Å². The summed E-state index contributed by atoms with van der Waals surface area (Å²) in [5.41, 5.74) is 1.04. The Kier molecular flexibility index (Phi) is 5.59. The molecule has 1 aromatic carbocycles. The fraction of sp³-hybridized carbons (Fsp3) is 0.385. The van der Waals surface area contributed by atoms with Gasteiger partial charge in [-0.1, -0.05) is 19.1 Å². The zero-order valence-electron chi connectivity index (χ0n) is 9.81. The van der Waals surface area contributed by atoms with Gasteiger partial charge in [0.2, 0.25) is 0 Å². The van der Waals surface area contributed by atoms with E-state index in [0.717, 1.165) is 12.0 Å². The topological polar surface area (TPSA) is 59.3 Å². The summed E-state index contributed by atoms with van der Waals surface area (Å²) in [7, 11) is 0. The van der Waals surface area contributed by atoms with Crippen molar-refractivity contribution >= 4 is 5.97 Å². The molecule has 0 heterocycles. The first-order chi connectivity index (χ1) is 8.26. The maximum atomic E-state index is 11.1. The first-order valence-electron chi connectivity index (χ1n) is 5.56. The monoisotopic (exact) mass is 233 g/mol. The van der Waals surface area contributed by atoms with Gasteiger partial charge in [-0.25, -0.2) is 0 Å². The summed E-state index contributed by atoms with van der Waals surface area (Å²) in [6.45, 7) is 2.33. The molecular formula is C13H15NO3. The minimum atomic E-state index is -0.156. The van der Waals surface area contributed by atoms with Gasteiger partial charge in [-0.15, -0.1) is 5.26 Å². The zero-order valence-corrected chi connectivity index (χ0v) is 9.81. The summed E-state index contributed by atoms with van der Waals surface area (Å²) in [6, 6.07) is 7.12. The van der Waals surface area contributed by atoms with E-state index in [1.54, 1.807) is 18.4 Å². The van der Waals surface area contributed by atoms with Gasteiger partial charge in [-0.05, 0) is 24.1 Å². The fourth-order valence-corrected chi connectivity index (χ4v) is 1.34. The van der Waals surface area contributed by atoms with Crippen LogP contribution in [0.4, 0.5) is 0 Å². The summed E-state index contributed by atoms with van der Waals surface area (Å²) < 4.78 is 9.70. The van der Waals surface area contributed by atoms with Crippen LogP contribution in [-0.2, 0) is 16.0 Å². The van der Waals surface area contributed by atoms with Gasteiger partial charge in [-0.3, -0.25) is 4.79 Å². The second-order valence-electron chi connectivity index (χ2n) is 3.56. The maximum Gasteiger partial charge on any atom is 0.305 e. The average Bonchev–Trinajstić information content (AvgIpc) is 2.32. The molecule has 17 heavy (non-hydrogen) atoms. The Morgan fingerprint density at radius 2 is 2.06 bits per heavy atom. The Morgan fingerprint density at radius 1 is 1.35 bits per heavy atom. The molecule has 0 spiro atoms. The third-order valence-electron chi connectivity index (χ3n) is 2.19. The quantitative estimate of drug-likeness (QED) is 0.559. The van der Waals surface area contributed by atoms with E-state index in [1.807, 2.05) is 19.1 Å². The van der Waals surface area contributed by atoms with Gasteiger partial charge in [0.25, 0.3) is 6.26 Å². The molecule has 0 aliphatic heterocycles. The largest absolute Gasteiger partial charge is 0.465 e. The predicted octanol–water partition coefficient (Wildman–Crippen LogP) is 2.43. The number of ether oxygens (including phenoxy) is 2. The van der Waals surface area contributed by atoms with Crippen LogP contribution in [0, 0.1) is 11.5 Å². The van der Waals surface area contributed by atoms with Crippen molar-refractivity contribution in [2.75, 3.05) is 6.61 Å². The van der Waals surface area contributed by atoms with E-state index in [2.05, 4.69) is 4.74 Å². The second kappa shape index (κ2) is 7.29. The molecule has 0 aliphatic rings. The highest BCUT2D eigenvalue weighted by molar-refractivity contribution is 5.69. The molecule has 4 nitrogen and oxygen atoms in total. The number of hydrogen-bond acceptors (Lipinski definition) is 4. The molecule has 0 aliphatic carbocycles. The molecule has 0 bridgehead atoms. The summed E-state index contributed by atoms with van der Waals surface area (Å²) in [4.78, 5) is 11.1. The minimum Gasteiger partial charge on any atom is -0.465 e. The van der Waals surface area contributed by atoms with Crippen molar-refractivity contribution in [3.05, 3.63) is 29.8 Å². The first kappa shape index (κ1) is 13.0. The van der Waals surface area contributed by atoms with E-state index < -0.39 is 0 Å². The van der Waals surface area contributed by atoms with E-state index in [-0.39, 0.29) is 5.97 Å². The Morgan fingerprint density at radius 3 is 2.65 bits per heavy atom. The van der Waals surface area contributed by atoms with Crippen LogP contribution in [0.1, 0.15) is 25.3 Å². The van der Waals surface area contributed by atoms with Crippen molar-refractivity contribution in [1.82, 2.24) is 0 Å². The molecule has 1 rings (SSSR count). The lowest BCUT2D eigenvalue weighted by molar-refractivity contribution is -0.143. The van der Waals surface area contributed by atoms with Crippen molar-refractivity contribution in [2.45, 2.75) is 26.2 Å². The highest BCUT2D eigenvalue weighted by atomic mass is 16.5. The van der Waals surface area contributed by atoms with Crippen LogP contribution in [0.3, 0.4) is 0 Å². The summed E-state index contributed by atoms with van der Waals surface area (Å²) >= 11 is 0. The molecule has 0 N–H and O–H groups in total. The highest BCUT2D eigenvalue weighted by Crippen LogP contribution is 2.12. The molecule has 1 aromatic rings. The van der Waals surface area contributed by atoms with Gasteiger partial charge in [0.05, 0.1) is 6.61 Å². The lowest BCUT2D eigenvalue weighted by atomic mass is 10.1. The van der Waals surface area contributed by atoms with Crippen LogP contribution in [0.5, 0.6) is 5.75 Å². The Labute approximate surface area is 101 Å². The van der Waals surface area contributed by atoms with Crippen LogP contribution < -0.4 is 4.74 Å². The maximum absolute atomic E-state index is 11.1. The first-order valence-corrected chi connectivity index (χ1v) is 5.56. The smallest absolute Gasteiger partial charge is 0.305 e. The number of rotatable bonds is 6. The van der Waals surface area contributed by atoms with Crippen molar-refractivity contribution in [2.24, 2.45) is 0 Å². The van der Waals surface area contributed by atoms with Crippen LogP contribution in [-0.4, -0.2) is 12.6 Å². The Balaban J connectivity index is 2.32. The van der Waals surface area contributed by atoms with Crippen LogP contribution in [0.15, 0.2) is 24.3 Å². The van der Waals surface area contributed by atoms with Gasteiger partial charge in [0, 0.05) is 12.8 Å². The number of hydrogen-bond donors (Lipinski definition) is 0. The van der Waals surface area contributed by atoms with Gasteiger partial charge < -0.3 is 9.47 Å². The van der Waals surface area contributed by atoms with Gasteiger partial charge >= 0.3 is 5.97 Å². The van der Waals surface area contributed by atoms with Crippen LogP contribution in [0.25, 0.3) is 0 Å². The van der Waals surface area contributed by atoms with Crippen LogP contribution in [0.2, 0.25) is 0 Å². The normalized spacial score (nSPS) is 9.41. The van der Waals surface area contributed by atoms with Crippen molar-refractivity contribution in [1.29, 1.82) is 5.26 Å². The van der Waals surface area contributed by atoms with E-state index in [1.165, 1.54) is 0 Å². The van der Waals surface area contributed by atoms with Gasteiger partial charge in [0.1, 0.15) is 5.75 Å². The molecule has 0 amide bonds. The highest BCUT2D eigenvalue weighted by Gasteiger charge is 2.01. The van der Waals surface area contributed by atoms with Crippen molar-refractivity contribution in [3.8, 4) is 12.0 Å². The third-order valence-corrected chi connectivity index (χ3v) is 2.19. The van der Waals surface area contributed by atoms with E-state index in [9.17, 15) is 4.79 Å². The molecule has 0 radical (unpaired) electrons. The average molecular weight is 233 g/mol. The minimum absolute atomic E-state index is 0.156. The number of esters is 1. The molecule has 0 aromatic heterocycles. The summed E-state index contributed by atoms with van der Waals surface area (Å²) in [5.74, 6) is 0.358. The lowest BCUT2D eigenvalue weighted by Gasteiger charge is -2.04. The number of carbonyl (C=O) groups is 1. The number of nitrogens with zero attached hydrogens (tertiary/aromatic N) is 1. The zero-order chi connectivity index (χ0) is 12.5. The Bertz CT molecular complexity index is 392.